The number of nitrogens with zero attached hydrogens (tertiary/aromatic N) is 2. The normalized spacial score (nSPS) is 14.1. The second-order valence-corrected chi connectivity index (χ2v) is 6.98. The van der Waals surface area contributed by atoms with E-state index in [4.69, 9.17) is 4.74 Å². The minimum atomic E-state index is -0.0694. The Bertz CT molecular complexity index is 776. The Labute approximate surface area is 155 Å². The van der Waals surface area contributed by atoms with Crippen LogP contribution in [-0.4, -0.2) is 35.6 Å². The lowest BCUT2D eigenvalue weighted by Crippen LogP contribution is -2.43. The summed E-state index contributed by atoms with van der Waals surface area (Å²) < 4.78 is 5.64. The fraction of sp³-hybridized carbons (Fsp3) is 0.429. The van der Waals surface area contributed by atoms with E-state index >= 15 is 0 Å². The van der Waals surface area contributed by atoms with E-state index < -0.39 is 0 Å². The van der Waals surface area contributed by atoms with Crippen LogP contribution >= 0.6 is 0 Å². The number of amides is 2. The van der Waals surface area contributed by atoms with Crippen LogP contribution in [0.5, 0.6) is 5.75 Å². The highest BCUT2D eigenvalue weighted by atomic mass is 16.5. The highest BCUT2D eigenvalue weighted by Gasteiger charge is 2.17. The second-order valence-electron chi connectivity index (χ2n) is 6.98. The molecule has 0 spiro atoms. The van der Waals surface area contributed by atoms with Crippen LogP contribution in [0.25, 0.3) is 0 Å². The number of benzene rings is 1. The molecule has 1 aromatic heterocycles. The van der Waals surface area contributed by atoms with Crippen molar-refractivity contribution >= 4 is 6.03 Å². The lowest BCUT2D eigenvalue weighted by atomic mass is 10.0. The molecule has 5 nitrogen and oxygen atoms in total. The third kappa shape index (κ3) is 4.34. The zero-order valence-corrected chi connectivity index (χ0v) is 15.8. The van der Waals surface area contributed by atoms with Crippen molar-refractivity contribution in [3.05, 3.63) is 58.9 Å². The van der Waals surface area contributed by atoms with Crippen LogP contribution in [0.1, 0.15) is 35.7 Å². The summed E-state index contributed by atoms with van der Waals surface area (Å²) >= 11 is 0. The average Bonchev–Trinajstić information content (AvgIpc) is 2.67. The van der Waals surface area contributed by atoms with Crippen molar-refractivity contribution in [2.45, 2.75) is 45.7 Å². The van der Waals surface area contributed by atoms with Gasteiger partial charge >= 0.3 is 6.03 Å². The summed E-state index contributed by atoms with van der Waals surface area (Å²) in [6.45, 7) is 5.41. The highest BCUT2D eigenvalue weighted by Crippen LogP contribution is 2.25. The molecule has 0 aliphatic carbocycles. The van der Waals surface area contributed by atoms with E-state index in [9.17, 15) is 4.79 Å². The van der Waals surface area contributed by atoms with Crippen LogP contribution in [0.15, 0.2) is 36.5 Å². The SMILES string of the molecule is Cc1cccnc1C[C@H](C)N(C)C(=O)NCc1ccc2c(c1)CCCO2. The van der Waals surface area contributed by atoms with Crippen LogP contribution in [0, 0.1) is 6.92 Å². The molecule has 0 fully saturated rings. The number of aromatic nitrogens is 1. The number of carbonyl (C=O) groups excluding carboxylic acids is 1. The van der Waals surface area contributed by atoms with E-state index in [0.717, 1.165) is 48.4 Å². The molecule has 1 aliphatic rings. The van der Waals surface area contributed by atoms with Crippen LogP contribution in [0.3, 0.4) is 0 Å². The van der Waals surface area contributed by atoms with Gasteiger partial charge in [0.2, 0.25) is 0 Å². The maximum atomic E-state index is 12.5. The third-order valence-electron chi connectivity index (χ3n) is 5.00. The number of hydrogen-bond acceptors (Lipinski definition) is 3. The Balaban J connectivity index is 1.55. The van der Waals surface area contributed by atoms with Crippen molar-refractivity contribution in [2.75, 3.05) is 13.7 Å². The Morgan fingerprint density at radius 3 is 3.04 bits per heavy atom. The number of ether oxygens (including phenoxy) is 1. The van der Waals surface area contributed by atoms with Gasteiger partial charge in [-0.3, -0.25) is 4.98 Å². The minimum absolute atomic E-state index is 0.0694. The first-order valence-corrected chi connectivity index (χ1v) is 9.20. The van der Waals surface area contributed by atoms with Crippen LogP contribution in [0.2, 0.25) is 0 Å². The summed E-state index contributed by atoms with van der Waals surface area (Å²) in [5.41, 5.74) is 4.53. The van der Waals surface area contributed by atoms with Crippen molar-refractivity contribution in [1.82, 2.24) is 15.2 Å². The Morgan fingerprint density at radius 1 is 1.38 bits per heavy atom. The van der Waals surface area contributed by atoms with Gasteiger partial charge in [0.05, 0.1) is 6.61 Å². The molecule has 2 heterocycles. The molecule has 1 aliphatic heterocycles. The molecule has 0 saturated heterocycles. The first-order valence-electron chi connectivity index (χ1n) is 9.20. The number of pyridine rings is 1. The first-order chi connectivity index (χ1) is 12.5. The Kier molecular flexibility index (Phi) is 5.76. The van der Waals surface area contributed by atoms with Gasteiger partial charge < -0.3 is 15.0 Å². The Morgan fingerprint density at radius 2 is 2.23 bits per heavy atom. The van der Waals surface area contributed by atoms with E-state index in [1.807, 2.05) is 32.2 Å². The second kappa shape index (κ2) is 8.21. The summed E-state index contributed by atoms with van der Waals surface area (Å²) in [6.07, 6.45) is 4.63. The molecule has 0 bridgehead atoms. The average molecular weight is 353 g/mol. The smallest absolute Gasteiger partial charge is 0.317 e. The van der Waals surface area contributed by atoms with E-state index in [1.54, 1.807) is 11.1 Å². The molecule has 138 valence electrons. The Hall–Kier alpha value is -2.56. The van der Waals surface area contributed by atoms with E-state index in [0.29, 0.717) is 6.54 Å². The third-order valence-corrected chi connectivity index (χ3v) is 5.00. The van der Waals surface area contributed by atoms with Gasteiger partial charge in [-0.1, -0.05) is 18.2 Å². The molecule has 2 amide bonds. The molecule has 1 aromatic carbocycles. The molecule has 2 aromatic rings. The highest BCUT2D eigenvalue weighted by molar-refractivity contribution is 5.74. The van der Waals surface area contributed by atoms with E-state index in [2.05, 4.69) is 29.4 Å². The number of nitrogens with one attached hydrogen (secondary N) is 1. The quantitative estimate of drug-likeness (QED) is 0.895. The number of aryl methyl sites for hydroxylation is 2. The van der Waals surface area contributed by atoms with Crippen molar-refractivity contribution in [3.8, 4) is 5.75 Å². The minimum Gasteiger partial charge on any atom is -0.493 e. The molecule has 3 rings (SSSR count). The largest absolute Gasteiger partial charge is 0.493 e. The maximum absolute atomic E-state index is 12.5. The van der Waals surface area contributed by atoms with Gasteiger partial charge in [-0.2, -0.15) is 0 Å². The number of carbonyl (C=O) groups is 1. The lowest BCUT2D eigenvalue weighted by molar-refractivity contribution is 0.193. The van der Waals surface area contributed by atoms with Crippen molar-refractivity contribution in [3.63, 3.8) is 0 Å². The predicted molar refractivity (Wildman–Crippen MR) is 102 cm³/mol. The summed E-state index contributed by atoms with van der Waals surface area (Å²) in [5, 5.41) is 3.01. The fourth-order valence-electron chi connectivity index (χ4n) is 3.18. The number of rotatable bonds is 5. The molecule has 1 atom stereocenters. The molecular weight excluding hydrogens is 326 g/mol. The van der Waals surface area contributed by atoms with Gasteiger partial charge in [0.15, 0.2) is 0 Å². The van der Waals surface area contributed by atoms with Crippen molar-refractivity contribution in [2.24, 2.45) is 0 Å². The fourth-order valence-corrected chi connectivity index (χ4v) is 3.18. The number of urea groups is 1. The molecule has 0 unspecified atom stereocenters. The summed E-state index contributed by atoms with van der Waals surface area (Å²) in [4.78, 5) is 18.7. The predicted octanol–water partition coefficient (Wildman–Crippen LogP) is 3.49. The maximum Gasteiger partial charge on any atom is 0.317 e. The zero-order chi connectivity index (χ0) is 18.5. The zero-order valence-electron chi connectivity index (χ0n) is 15.8. The molecular formula is C21H27N3O2. The molecule has 26 heavy (non-hydrogen) atoms. The van der Waals surface area contributed by atoms with E-state index in [-0.39, 0.29) is 12.1 Å². The topological polar surface area (TPSA) is 54.5 Å². The number of fused-ring (bicyclic) bond motifs is 1. The van der Waals surface area contributed by atoms with Crippen LogP contribution < -0.4 is 10.1 Å². The van der Waals surface area contributed by atoms with Gasteiger partial charge in [-0.05, 0) is 55.5 Å². The molecule has 5 heteroatoms. The van der Waals surface area contributed by atoms with Gasteiger partial charge in [0.1, 0.15) is 5.75 Å². The summed E-state index contributed by atoms with van der Waals surface area (Å²) in [6, 6.07) is 10.1. The molecule has 1 N–H and O–H groups in total. The van der Waals surface area contributed by atoms with Gasteiger partial charge in [-0.25, -0.2) is 4.79 Å². The van der Waals surface area contributed by atoms with Crippen molar-refractivity contribution in [1.29, 1.82) is 0 Å². The number of likely N-dealkylation sites (N-methyl/N-ethyl adjacent to an activating group) is 1. The number of hydrogen-bond donors (Lipinski definition) is 1. The monoisotopic (exact) mass is 353 g/mol. The summed E-state index contributed by atoms with van der Waals surface area (Å²) in [7, 11) is 1.83. The van der Waals surface area contributed by atoms with Crippen LogP contribution in [0.4, 0.5) is 4.79 Å². The first kappa shape index (κ1) is 18.2. The molecule has 0 radical (unpaired) electrons. The van der Waals surface area contributed by atoms with Gasteiger partial charge in [-0.15, -0.1) is 0 Å². The van der Waals surface area contributed by atoms with Crippen molar-refractivity contribution < 1.29 is 9.53 Å². The van der Waals surface area contributed by atoms with Crippen LogP contribution in [-0.2, 0) is 19.4 Å². The standard InChI is InChI=1S/C21H27N3O2/c1-15-6-4-10-22-19(15)12-16(2)24(3)21(25)23-14-17-8-9-20-18(13-17)7-5-11-26-20/h4,6,8-10,13,16H,5,7,11-12,14H2,1-3H3,(H,23,25)/t16-/m0/s1. The molecule has 0 saturated carbocycles. The van der Waals surface area contributed by atoms with Gasteiger partial charge in [0, 0.05) is 37.9 Å². The summed E-state index contributed by atoms with van der Waals surface area (Å²) in [5.74, 6) is 0.975. The van der Waals surface area contributed by atoms with Gasteiger partial charge in [0.25, 0.3) is 0 Å². The lowest BCUT2D eigenvalue weighted by Gasteiger charge is -2.25. The van der Waals surface area contributed by atoms with E-state index in [1.165, 1.54) is 5.56 Å².